The molecule has 0 unspecified atom stereocenters. The number of hydrogen-bond acceptors (Lipinski definition) is 5. The van der Waals surface area contributed by atoms with E-state index in [9.17, 15) is 23.3 Å². The molecule has 0 atom stereocenters. The molecule has 6 nitrogen and oxygen atoms in total. The highest BCUT2D eigenvalue weighted by molar-refractivity contribution is 5.55. The van der Waals surface area contributed by atoms with Crippen LogP contribution in [0.15, 0.2) is 42.5 Å². The number of alkyl halides is 3. The molecule has 2 aromatic carbocycles. The second-order valence-electron chi connectivity index (χ2n) is 4.94. The zero-order valence-electron chi connectivity index (χ0n) is 13.2. The van der Waals surface area contributed by atoms with Crippen molar-refractivity contribution in [3.63, 3.8) is 0 Å². The van der Waals surface area contributed by atoms with Crippen molar-refractivity contribution in [1.29, 1.82) is 0 Å². The second-order valence-corrected chi connectivity index (χ2v) is 4.94. The number of anilines is 1. The Morgan fingerprint density at radius 2 is 1.76 bits per heavy atom. The van der Waals surface area contributed by atoms with E-state index in [1.807, 2.05) is 0 Å². The summed E-state index contributed by atoms with van der Waals surface area (Å²) >= 11 is 0. The zero-order valence-corrected chi connectivity index (χ0v) is 13.2. The number of benzene rings is 2. The smallest absolute Gasteiger partial charge is 0.423 e. The largest absolute Gasteiger partial charge is 0.497 e. The molecule has 0 aliphatic rings. The molecule has 2 rings (SSSR count). The van der Waals surface area contributed by atoms with Crippen LogP contribution < -0.4 is 14.8 Å². The van der Waals surface area contributed by atoms with Crippen LogP contribution in [0.3, 0.4) is 0 Å². The first-order valence-electron chi connectivity index (χ1n) is 7.17. The SMILES string of the molecule is COc1ccc(OCCNc2ccc([N+](=O)[O-])c(C(F)(F)F)c2)cc1. The average molecular weight is 356 g/mol. The lowest BCUT2D eigenvalue weighted by atomic mass is 10.1. The summed E-state index contributed by atoms with van der Waals surface area (Å²) in [6.45, 7) is 0.422. The molecule has 9 heteroatoms. The first kappa shape index (κ1) is 18.4. The molecule has 0 saturated heterocycles. The zero-order chi connectivity index (χ0) is 18.4. The summed E-state index contributed by atoms with van der Waals surface area (Å²) < 4.78 is 49.1. The third-order valence-electron chi connectivity index (χ3n) is 3.26. The molecule has 0 spiro atoms. The van der Waals surface area contributed by atoms with Gasteiger partial charge in [-0.1, -0.05) is 0 Å². The van der Waals surface area contributed by atoms with Crippen molar-refractivity contribution < 1.29 is 27.6 Å². The van der Waals surface area contributed by atoms with E-state index in [-0.39, 0.29) is 18.8 Å². The summed E-state index contributed by atoms with van der Waals surface area (Å²) in [5.41, 5.74) is -2.15. The third-order valence-corrected chi connectivity index (χ3v) is 3.26. The minimum absolute atomic E-state index is 0.122. The van der Waals surface area contributed by atoms with Gasteiger partial charge < -0.3 is 14.8 Å². The predicted molar refractivity (Wildman–Crippen MR) is 85.1 cm³/mol. The summed E-state index contributed by atoms with van der Waals surface area (Å²) in [5.74, 6) is 1.26. The molecule has 0 aliphatic carbocycles. The minimum atomic E-state index is -4.81. The van der Waals surface area contributed by atoms with Crippen LogP contribution >= 0.6 is 0 Å². The van der Waals surface area contributed by atoms with Crippen LogP contribution in [0.1, 0.15) is 5.56 Å². The lowest BCUT2D eigenvalue weighted by Gasteiger charge is -2.12. The Morgan fingerprint density at radius 3 is 2.32 bits per heavy atom. The lowest BCUT2D eigenvalue weighted by Crippen LogP contribution is -2.13. The van der Waals surface area contributed by atoms with Gasteiger partial charge in [0.15, 0.2) is 0 Å². The van der Waals surface area contributed by atoms with Gasteiger partial charge in [0.2, 0.25) is 0 Å². The Kier molecular flexibility index (Phi) is 5.68. The van der Waals surface area contributed by atoms with Gasteiger partial charge in [-0.2, -0.15) is 13.2 Å². The third kappa shape index (κ3) is 5.00. The number of halogens is 3. The van der Waals surface area contributed by atoms with Gasteiger partial charge in [0.25, 0.3) is 5.69 Å². The van der Waals surface area contributed by atoms with Crippen LogP contribution in [-0.4, -0.2) is 25.2 Å². The number of ether oxygens (including phenoxy) is 2. The number of hydrogen-bond donors (Lipinski definition) is 1. The number of nitrogens with one attached hydrogen (secondary N) is 1. The van der Waals surface area contributed by atoms with E-state index in [2.05, 4.69) is 5.32 Å². The molecule has 0 saturated carbocycles. The van der Waals surface area contributed by atoms with Gasteiger partial charge in [-0.25, -0.2) is 0 Å². The van der Waals surface area contributed by atoms with Crippen molar-refractivity contribution in [2.24, 2.45) is 0 Å². The molecule has 0 aromatic heterocycles. The Labute approximate surface area is 141 Å². The fourth-order valence-electron chi connectivity index (χ4n) is 2.07. The average Bonchev–Trinajstić information content (AvgIpc) is 2.58. The van der Waals surface area contributed by atoms with Crippen molar-refractivity contribution >= 4 is 11.4 Å². The van der Waals surface area contributed by atoms with E-state index < -0.39 is 22.4 Å². The number of nitro benzene ring substituents is 1. The Hall–Kier alpha value is -2.97. The van der Waals surface area contributed by atoms with Gasteiger partial charge in [-0.05, 0) is 36.4 Å². The number of methoxy groups -OCH3 is 1. The standard InChI is InChI=1S/C16H15F3N2O4/c1-24-12-3-5-13(6-4-12)25-9-8-20-11-2-7-15(21(22)23)14(10-11)16(17,18)19/h2-7,10,20H,8-9H2,1H3. The van der Waals surface area contributed by atoms with Crippen LogP contribution in [0.4, 0.5) is 24.5 Å². The summed E-state index contributed by atoms with van der Waals surface area (Å²) in [4.78, 5) is 9.64. The molecule has 0 fully saturated rings. The Balaban J connectivity index is 1.95. The van der Waals surface area contributed by atoms with E-state index in [4.69, 9.17) is 9.47 Å². The molecule has 0 bridgehead atoms. The van der Waals surface area contributed by atoms with Gasteiger partial charge >= 0.3 is 6.18 Å². The first-order chi connectivity index (χ1) is 11.8. The van der Waals surface area contributed by atoms with Crippen molar-refractivity contribution in [1.82, 2.24) is 0 Å². The number of nitro groups is 1. The molecule has 0 amide bonds. The van der Waals surface area contributed by atoms with Gasteiger partial charge in [-0.3, -0.25) is 10.1 Å². The lowest BCUT2D eigenvalue weighted by molar-refractivity contribution is -0.388. The highest BCUT2D eigenvalue weighted by atomic mass is 19.4. The molecule has 0 heterocycles. The fourth-order valence-corrected chi connectivity index (χ4v) is 2.07. The van der Waals surface area contributed by atoms with E-state index in [0.29, 0.717) is 17.6 Å². The highest BCUT2D eigenvalue weighted by Crippen LogP contribution is 2.37. The van der Waals surface area contributed by atoms with Crippen LogP contribution in [0.5, 0.6) is 11.5 Å². The van der Waals surface area contributed by atoms with Crippen LogP contribution in [-0.2, 0) is 6.18 Å². The van der Waals surface area contributed by atoms with Crippen LogP contribution in [0.2, 0.25) is 0 Å². The second kappa shape index (κ2) is 7.73. The fraction of sp³-hybridized carbons (Fsp3) is 0.250. The van der Waals surface area contributed by atoms with Gasteiger partial charge in [0, 0.05) is 18.3 Å². The molecule has 0 aliphatic heterocycles. The highest BCUT2D eigenvalue weighted by Gasteiger charge is 2.38. The first-order valence-corrected chi connectivity index (χ1v) is 7.17. The number of nitrogens with zero attached hydrogens (tertiary/aromatic N) is 1. The van der Waals surface area contributed by atoms with Gasteiger partial charge in [0.1, 0.15) is 23.7 Å². The summed E-state index contributed by atoms with van der Waals surface area (Å²) in [6.07, 6.45) is -4.81. The normalized spacial score (nSPS) is 11.0. The predicted octanol–water partition coefficient (Wildman–Crippen LogP) is 4.11. The van der Waals surface area contributed by atoms with E-state index in [1.54, 1.807) is 31.4 Å². The molecule has 25 heavy (non-hydrogen) atoms. The minimum Gasteiger partial charge on any atom is -0.497 e. The maximum atomic E-state index is 12.9. The molecule has 134 valence electrons. The van der Waals surface area contributed by atoms with Gasteiger partial charge in [0.05, 0.1) is 12.0 Å². The maximum Gasteiger partial charge on any atom is 0.423 e. The Morgan fingerprint density at radius 1 is 1.12 bits per heavy atom. The van der Waals surface area contributed by atoms with Crippen LogP contribution in [0.25, 0.3) is 0 Å². The van der Waals surface area contributed by atoms with Crippen LogP contribution in [0, 0.1) is 10.1 Å². The summed E-state index contributed by atoms with van der Waals surface area (Å²) in [6, 6.07) is 9.60. The van der Waals surface area contributed by atoms with E-state index in [0.717, 1.165) is 6.07 Å². The maximum absolute atomic E-state index is 12.9. The van der Waals surface area contributed by atoms with Crippen molar-refractivity contribution in [2.45, 2.75) is 6.18 Å². The van der Waals surface area contributed by atoms with Gasteiger partial charge in [-0.15, -0.1) is 0 Å². The molecule has 0 radical (unpaired) electrons. The van der Waals surface area contributed by atoms with E-state index in [1.165, 1.54) is 6.07 Å². The molecule has 2 aromatic rings. The molecular weight excluding hydrogens is 341 g/mol. The number of rotatable bonds is 7. The summed E-state index contributed by atoms with van der Waals surface area (Å²) in [7, 11) is 1.54. The Bertz CT molecular complexity index is 733. The molecule has 1 N–H and O–H groups in total. The van der Waals surface area contributed by atoms with E-state index >= 15 is 0 Å². The molecular formula is C16H15F3N2O4. The van der Waals surface area contributed by atoms with Crippen molar-refractivity contribution in [2.75, 3.05) is 25.6 Å². The topological polar surface area (TPSA) is 73.6 Å². The summed E-state index contributed by atoms with van der Waals surface area (Å²) in [5, 5.41) is 13.4. The monoisotopic (exact) mass is 356 g/mol. The van der Waals surface area contributed by atoms with Crippen molar-refractivity contribution in [3.8, 4) is 11.5 Å². The van der Waals surface area contributed by atoms with Crippen molar-refractivity contribution in [3.05, 3.63) is 58.1 Å². The quantitative estimate of drug-likeness (QED) is 0.459.